The average molecular weight is 278 g/mol. The van der Waals surface area contributed by atoms with Crippen LogP contribution in [-0.2, 0) is 4.74 Å². The number of benzene rings is 1. The van der Waals surface area contributed by atoms with E-state index in [4.69, 9.17) is 10.5 Å². The van der Waals surface area contributed by atoms with Crippen LogP contribution in [0.2, 0.25) is 0 Å². The lowest BCUT2D eigenvalue weighted by Crippen LogP contribution is -2.27. The van der Waals surface area contributed by atoms with Gasteiger partial charge < -0.3 is 20.1 Å². The number of likely N-dealkylation sites (N-methyl/N-ethyl adjacent to an activating group) is 1. The molecule has 0 unspecified atom stereocenters. The van der Waals surface area contributed by atoms with E-state index in [2.05, 4.69) is 4.74 Å². The molecule has 0 spiro atoms. The molecule has 0 radical (unpaired) electrons. The van der Waals surface area contributed by atoms with E-state index in [-0.39, 0.29) is 5.69 Å². The van der Waals surface area contributed by atoms with Crippen LogP contribution in [0.1, 0.15) is 6.92 Å². The van der Waals surface area contributed by atoms with Crippen molar-refractivity contribution in [1.29, 1.82) is 0 Å². The van der Waals surface area contributed by atoms with Gasteiger partial charge in [-0.2, -0.15) is 8.78 Å². The highest BCUT2D eigenvalue weighted by Crippen LogP contribution is 2.31. The van der Waals surface area contributed by atoms with Gasteiger partial charge in [0, 0.05) is 32.3 Å². The first-order valence-electron chi connectivity index (χ1n) is 5.77. The Morgan fingerprint density at radius 2 is 2.05 bits per heavy atom. The molecule has 1 aromatic rings. The molecule has 2 N–H and O–H groups in total. The quantitative estimate of drug-likeness (QED) is 0.778. The Labute approximate surface area is 109 Å². The van der Waals surface area contributed by atoms with Crippen molar-refractivity contribution in [2.24, 2.45) is 0 Å². The monoisotopic (exact) mass is 278 g/mol. The summed E-state index contributed by atoms with van der Waals surface area (Å²) in [5.41, 5.74) is 6.31. The smallest absolute Gasteiger partial charge is 0.387 e. The fourth-order valence-electron chi connectivity index (χ4n) is 1.67. The van der Waals surface area contributed by atoms with Crippen LogP contribution in [0.4, 0.5) is 24.5 Å². The Morgan fingerprint density at radius 3 is 2.58 bits per heavy atom. The van der Waals surface area contributed by atoms with Crippen molar-refractivity contribution in [3.8, 4) is 5.75 Å². The number of ether oxygens (including phenoxy) is 2. The number of nitrogen functional groups attached to an aromatic ring is 1. The first-order valence-corrected chi connectivity index (χ1v) is 5.77. The van der Waals surface area contributed by atoms with E-state index in [1.54, 1.807) is 12.0 Å². The summed E-state index contributed by atoms with van der Waals surface area (Å²) in [7, 11) is 1.55. The van der Waals surface area contributed by atoms with Crippen molar-refractivity contribution in [2.45, 2.75) is 13.5 Å². The van der Waals surface area contributed by atoms with E-state index in [1.807, 2.05) is 6.92 Å². The molecule has 4 nitrogen and oxygen atoms in total. The topological polar surface area (TPSA) is 47.7 Å². The third kappa shape index (κ3) is 4.20. The molecule has 0 saturated heterocycles. The zero-order valence-corrected chi connectivity index (χ0v) is 10.8. The van der Waals surface area contributed by atoms with Crippen LogP contribution >= 0.6 is 0 Å². The van der Waals surface area contributed by atoms with E-state index in [1.165, 1.54) is 6.07 Å². The summed E-state index contributed by atoms with van der Waals surface area (Å²) in [5, 5.41) is 0. The van der Waals surface area contributed by atoms with Gasteiger partial charge in [0.15, 0.2) is 11.6 Å². The summed E-state index contributed by atoms with van der Waals surface area (Å²) < 4.78 is 46.8. The molecule has 0 bridgehead atoms. The summed E-state index contributed by atoms with van der Waals surface area (Å²) >= 11 is 0. The van der Waals surface area contributed by atoms with Gasteiger partial charge in [0.25, 0.3) is 0 Å². The normalized spacial score (nSPS) is 10.8. The first kappa shape index (κ1) is 15.4. The number of rotatable bonds is 7. The lowest BCUT2D eigenvalue weighted by Gasteiger charge is -2.25. The zero-order valence-electron chi connectivity index (χ0n) is 10.8. The second-order valence-corrected chi connectivity index (χ2v) is 3.79. The number of anilines is 2. The van der Waals surface area contributed by atoms with Gasteiger partial charge in [0.2, 0.25) is 0 Å². The number of nitrogens with two attached hydrogens (primary N) is 1. The average Bonchev–Trinajstić information content (AvgIpc) is 2.34. The minimum absolute atomic E-state index is 0.164. The van der Waals surface area contributed by atoms with Crippen molar-refractivity contribution in [1.82, 2.24) is 0 Å². The van der Waals surface area contributed by atoms with E-state index < -0.39 is 18.2 Å². The van der Waals surface area contributed by atoms with Crippen LogP contribution in [0, 0.1) is 5.82 Å². The Bertz CT molecular complexity index is 416. The van der Waals surface area contributed by atoms with Gasteiger partial charge in [-0.1, -0.05) is 0 Å². The van der Waals surface area contributed by atoms with Crippen LogP contribution in [0.25, 0.3) is 0 Å². The Hall–Kier alpha value is -1.63. The fraction of sp³-hybridized carbons (Fsp3) is 0.500. The standard InChI is InChI=1S/C12H17F3N2O2/c1-3-17(4-5-18-2)10-7-11(19-12(14)15)8(13)6-9(10)16/h6-7,12H,3-5,16H2,1-2H3. The summed E-state index contributed by atoms with van der Waals surface area (Å²) in [6.45, 7) is 0.312. The lowest BCUT2D eigenvalue weighted by atomic mass is 10.2. The molecule has 1 aromatic carbocycles. The fourth-order valence-corrected chi connectivity index (χ4v) is 1.67. The van der Waals surface area contributed by atoms with E-state index in [0.717, 1.165) is 6.07 Å². The summed E-state index contributed by atoms with van der Waals surface area (Å²) in [5.74, 6) is -1.43. The summed E-state index contributed by atoms with van der Waals surface area (Å²) in [6.07, 6.45) is 0. The van der Waals surface area contributed by atoms with Crippen molar-refractivity contribution < 1.29 is 22.6 Å². The molecule has 0 aromatic heterocycles. The molecule has 19 heavy (non-hydrogen) atoms. The Kier molecular flexibility index (Phi) is 5.75. The molecule has 0 fully saturated rings. The maximum atomic E-state index is 13.4. The van der Waals surface area contributed by atoms with Gasteiger partial charge in [-0.05, 0) is 6.92 Å². The van der Waals surface area contributed by atoms with Crippen LogP contribution in [0.15, 0.2) is 12.1 Å². The molecule has 108 valence electrons. The lowest BCUT2D eigenvalue weighted by molar-refractivity contribution is -0.0521. The highest BCUT2D eigenvalue weighted by Gasteiger charge is 2.16. The van der Waals surface area contributed by atoms with Gasteiger partial charge in [-0.25, -0.2) is 4.39 Å². The maximum Gasteiger partial charge on any atom is 0.387 e. The molecule has 0 atom stereocenters. The third-order valence-electron chi connectivity index (χ3n) is 2.58. The number of nitrogens with zero attached hydrogens (tertiary/aromatic N) is 1. The van der Waals surface area contributed by atoms with Gasteiger partial charge in [0.05, 0.1) is 18.0 Å². The molecule has 0 aliphatic rings. The number of alkyl halides is 2. The summed E-state index contributed by atoms with van der Waals surface area (Å²) in [4.78, 5) is 1.79. The molecule has 7 heteroatoms. The minimum atomic E-state index is -3.08. The maximum absolute atomic E-state index is 13.4. The summed E-state index contributed by atoms with van der Waals surface area (Å²) in [6, 6.07) is 2.15. The number of hydrogen-bond donors (Lipinski definition) is 1. The van der Waals surface area contributed by atoms with E-state index in [0.29, 0.717) is 25.4 Å². The molecule has 1 rings (SSSR count). The number of halogens is 3. The van der Waals surface area contributed by atoms with Gasteiger partial charge >= 0.3 is 6.61 Å². The highest BCUT2D eigenvalue weighted by molar-refractivity contribution is 5.70. The van der Waals surface area contributed by atoms with Gasteiger partial charge in [-0.15, -0.1) is 0 Å². The molecule has 0 aliphatic carbocycles. The second-order valence-electron chi connectivity index (χ2n) is 3.79. The van der Waals surface area contributed by atoms with E-state index in [9.17, 15) is 13.2 Å². The molecule has 0 aliphatic heterocycles. The van der Waals surface area contributed by atoms with Crippen LogP contribution in [-0.4, -0.2) is 33.4 Å². The van der Waals surface area contributed by atoms with Crippen LogP contribution < -0.4 is 15.4 Å². The largest absolute Gasteiger partial charge is 0.432 e. The van der Waals surface area contributed by atoms with Crippen molar-refractivity contribution in [3.63, 3.8) is 0 Å². The molecule has 0 saturated carbocycles. The zero-order chi connectivity index (χ0) is 14.4. The van der Waals surface area contributed by atoms with E-state index >= 15 is 0 Å². The molecular weight excluding hydrogens is 261 g/mol. The molecular formula is C12H17F3N2O2. The molecule has 0 amide bonds. The predicted octanol–water partition coefficient (Wildman–Crippen LogP) is 2.48. The number of hydrogen-bond acceptors (Lipinski definition) is 4. The first-order chi connectivity index (χ1) is 8.99. The van der Waals surface area contributed by atoms with Gasteiger partial charge in [0.1, 0.15) is 0 Å². The predicted molar refractivity (Wildman–Crippen MR) is 67.2 cm³/mol. The Balaban J connectivity index is 3.04. The molecule has 0 heterocycles. The van der Waals surface area contributed by atoms with Crippen molar-refractivity contribution >= 4 is 11.4 Å². The SMILES string of the molecule is CCN(CCOC)c1cc(OC(F)F)c(F)cc1N. The van der Waals surface area contributed by atoms with Crippen LogP contribution in [0.3, 0.4) is 0 Å². The minimum Gasteiger partial charge on any atom is -0.432 e. The number of methoxy groups -OCH3 is 1. The van der Waals surface area contributed by atoms with Crippen molar-refractivity contribution in [2.75, 3.05) is 37.4 Å². The van der Waals surface area contributed by atoms with Crippen molar-refractivity contribution in [3.05, 3.63) is 17.9 Å². The third-order valence-corrected chi connectivity index (χ3v) is 2.58. The Morgan fingerprint density at radius 1 is 1.37 bits per heavy atom. The van der Waals surface area contributed by atoms with Gasteiger partial charge in [-0.3, -0.25) is 0 Å². The second kappa shape index (κ2) is 7.08. The highest BCUT2D eigenvalue weighted by atomic mass is 19.3. The van der Waals surface area contributed by atoms with Crippen LogP contribution in [0.5, 0.6) is 5.75 Å².